The number of methoxy groups -OCH3 is 1. The molecule has 0 amide bonds. The molecular formula is C24H23N3O2. The van der Waals surface area contributed by atoms with Gasteiger partial charge in [-0.2, -0.15) is 0 Å². The zero-order valence-electron chi connectivity index (χ0n) is 16.7. The van der Waals surface area contributed by atoms with Gasteiger partial charge in [0.2, 0.25) is 0 Å². The molecule has 146 valence electrons. The summed E-state index contributed by atoms with van der Waals surface area (Å²) in [6.45, 7) is 2.53. The van der Waals surface area contributed by atoms with E-state index in [9.17, 15) is 4.79 Å². The summed E-state index contributed by atoms with van der Waals surface area (Å²) in [6.07, 6.45) is 3.14. The van der Waals surface area contributed by atoms with Crippen LogP contribution < -0.4 is 4.74 Å². The van der Waals surface area contributed by atoms with Crippen molar-refractivity contribution < 1.29 is 9.53 Å². The second-order valence-electron chi connectivity index (χ2n) is 7.52. The van der Waals surface area contributed by atoms with Crippen molar-refractivity contribution in [3.8, 4) is 28.3 Å². The van der Waals surface area contributed by atoms with Gasteiger partial charge in [-0.25, -0.2) is 4.52 Å². The highest BCUT2D eigenvalue weighted by Crippen LogP contribution is 2.38. The van der Waals surface area contributed by atoms with Gasteiger partial charge in [0.05, 0.1) is 7.11 Å². The summed E-state index contributed by atoms with van der Waals surface area (Å²) >= 11 is 0. The van der Waals surface area contributed by atoms with Gasteiger partial charge in [-0.3, -0.25) is 4.79 Å². The Bertz CT molecular complexity index is 1200. The average Bonchev–Trinajstić information content (AvgIpc) is 3.17. The van der Waals surface area contributed by atoms with E-state index in [4.69, 9.17) is 9.84 Å². The van der Waals surface area contributed by atoms with Crippen molar-refractivity contribution >= 4 is 11.4 Å². The van der Waals surface area contributed by atoms with Crippen LogP contribution in [-0.2, 0) is 13.0 Å². The molecular weight excluding hydrogens is 362 g/mol. The molecule has 0 saturated heterocycles. The number of carbonyl (C=O) groups is 1. The molecule has 5 rings (SSSR count). The molecule has 0 N–H and O–H groups in total. The van der Waals surface area contributed by atoms with Gasteiger partial charge in [0.1, 0.15) is 17.1 Å². The number of nitrogens with zero attached hydrogens (tertiary/aromatic N) is 3. The van der Waals surface area contributed by atoms with Crippen LogP contribution in [-0.4, -0.2) is 27.1 Å². The fourth-order valence-corrected chi connectivity index (χ4v) is 4.43. The average molecular weight is 385 g/mol. The van der Waals surface area contributed by atoms with Crippen LogP contribution in [0.4, 0.5) is 0 Å². The summed E-state index contributed by atoms with van der Waals surface area (Å²) in [5.41, 5.74) is 6.11. The number of aryl methyl sites for hydroxylation is 2. The molecule has 5 heteroatoms. The first-order chi connectivity index (χ1) is 14.2. The van der Waals surface area contributed by atoms with E-state index in [0.29, 0.717) is 5.69 Å². The van der Waals surface area contributed by atoms with E-state index in [1.807, 2.05) is 47.0 Å². The SMILES string of the molecule is COc1ccc(-c2nn3c(C(C)=O)c(-c4ccccc4)c4c3n2CCCC4)cc1. The predicted molar refractivity (Wildman–Crippen MR) is 114 cm³/mol. The summed E-state index contributed by atoms with van der Waals surface area (Å²) in [4.78, 5) is 12.7. The fourth-order valence-electron chi connectivity index (χ4n) is 4.43. The third-order valence-corrected chi connectivity index (χ3v) is 5.73. The highest BCUT2D eigenvalue weighted by molar-refractivity contribution is 6.02. The first-order valence-electron chi connectivity index (χ1n) is 10.0. The number of carbonyl (C=O) groups excluding carboxylic acids is 1. The highest BCUT2D eigenvalue weighted by Gasteiger charge is 2.29. The number of hydrogen-bond donors (Lipinski definition) is 0. The summed E-state index contributed by atoms with van der Waals surface area (Å²) in [7, 11) is 1.67. The lowest BCUT2D eigenvalue weighted by Gasteiger charge is -2.08. The molecule has 4 aromatic rings. The van der Waals surface area contributed by atoms with E-state index in [0.717, 1.165) is 59.7 Å². The Hall–Kier alpha value is -3.34. The molecule has 1 aliphatic heterocycles. The van der Waals surface area contributed by atoms with Crippen molar-refractivity contribution in [1.29, 1.82) is 0 Å². The number of rotatable bonds is 4. The Kier molecular flexibility index (Phi) is 4.23. The monoisotopic (exact) mass is 385 g/mol. The standard InChI is InChI=1S/C24H23N3O2/c1-16(28)22-21(17-8-4-3-5-9-17)20-10-6-7-15-26-23(25-27(22)24(20)26)18-11-13-19(29-2)14-12-18/h3-5,8-9,11-14H,6-7,10,15H2,1-2H3. The minimum absolute atomic E-state index is 0.0385. The number of hydrogen-bond acceptors (Lipinski definition) is 3. The maximum absolute atomic E-state index is 12.7. The molecule has 2 aromatic heterocycles. The molecule has 29 heavy (non-hydrogen) atoms. The summed E-state index contributed by atoms with van der Waals surface area (Å²) < 4.78 is 9.45. The van der Waals surface area contributed by atoms with Crippen LogP contribution in [0.25, 0.3) is 28.2 Å². The lowest BCUT2D eigenvalue weighted by Crippen LogP contribution is -2.02. The maximum Gasteiger partial charge on any atom is 0.178 e. The summed E-state index contributed by atoms with van der Waals surface area (Å²) in [6, 6.07) is 18.2. The molecule has 0 spiro atoms. The smallest absolute Gasteiger partial charge is 0.178 e. The molecule has 0 aliphatic carbocycles. The Morgan fingerprint density at radius 2 is 1.76 bits per heavy atom. The van der Waals surface area contributed by atoms with Gasteiger partial charge in [0.25, 0.3) is 0 Å². The Morgan fingerprint density at radius 3 is 2.45 bits per heavy atom. The van der Waals surface area contributed by atoms with Gasteiger partial charge in [-0.1, -0.05) is 30.3 Å². The van der Waals surface area contributed by atoms with Crippen molar-refractivity contribution in [1.82, 2.24) is 14.2 Å². The van der Waals surface area contributed by atoms with E-state index in [1.54, 1.807) is 14.0 Å². The van der Waals surface area contributed by atoms with Crippen molar-refractivity contribution in [2.75, 3.05) is 7.11 Å². The second-order valence-corrected chi connectivity index (χ2v) is 7.52. The molecule has 0 fully saturated rings. The number of benzene rings is 2. The van der Waals surface area contributed by atoms with E-state index in [-0.39, 0.29) is 5.78 Å². The van der Waals surface area contributed by atoms with E-state index in [1.165, 1.54) is 5.56 Å². The van der Waals surface area contributed by atoms with Crippen LogP contribution in [0.2, 0.25) is 0 Å². The molecule has 0 unspecified atom stereocenters. The molecule has 3 heterocycles. The van der Waals surface area contributed by atoms with E-state index >= 15 is 0 Å². The lowest BCUT2D eigenvalue weighted by atomic mass is 9.97. The van der Waals surface area contributed by atoms with Crippen LogP contribution >= 0.6 is 0 Å². The Morgan fingerprint density at radius 1 is 1.00 bits per heavy atom. The lowest BCUT2D eigenvalue weighted by molar-refractivity contribution is 0.101. The molecule has 5 nitrogen and oxygen atoms in total. The van der Waals surface area contributed by atoms with Gasteiger partial charge in [-0.05, 0) is 49.1 Å². The highest BCUT2D eigenvalue weighted by atomic mass is 16.5. The van der Waals surface area contributed by atoms with Crippen LogP contribution in [0.3, 0.4) is 0 Å². The number of Topliss-reactive ketones (excluding diaryl/α,β-unsaturated/α-hetero) is 1. The third kappa shape index (κ3) is 2.77. The minimum Gasteiger partial charge on any atom is -0.497 e. The topological polar surface area (TPSA) is 48.5 Å². The van der Waals surface area contributed by atoms with Crippen molar-refractivity contribution in [3.63, 3.8) is 0 Å². The van der Waals surface area contributed by atoms with Gasteiger partial charge >= 0.3 is 0 Å². The van der Waals surface area contributed by atoms with Gasteiger partial charge < -0.3 is 9.30 Å². The fraction of sp³-hybridized carbons (Fsp3) is 0.250. The van der Waals surface area contributed by atoms with E-state index < -0.39 is 0 Å². The number of ether oxygens (including phenoxy) is 1. The van der Waals surface area contributed by atoms with Crippen LogP contribution in [0.5, 0.6) is 5.75 Å². The molecule has 0 atom stereocenters. The number of aromatic nitrogens is 3. The molecule has 2 aromatic carbocycles. The molecule has 1 aliphatic rings. The Balaban J connectivity index is 1.81. The second kappa shape index (κ2) is 6.92. The molecule has 0 radical (unpaired) electrons. The van der Waals surface area contributed by atoms with Crippen LogP contribution in [0.1, 0.15) is 35.8 Å². The summed E-state index contributed by atoms with van der Waals surface area (Å²) in [5.74, 6) is 1.75. The zero-order chi connectivity index (χ0) is 20.0. The molecule has 0 bridgehead atoms. The largest absolute Gasteiger partial charge is 0.497 e. The van der Waals surface area contributed by atoms with Gasteiger partial charge in [0.15, 0.2) is 11.6 Å². The van der Waals surface area contributed by atoms with E-state index in [2.05, 4.69) is 16.7 Å². The van der Waals surface area contributed by atoms with Gasteiger partial charge in [-0.15, -0.1) is 5.10 Å². The predicted octanol–water partition coefficient (Wildman–Crippen LogP) is 5.02. The normalized spacial score (nSPS) is 13.4. The first kappa shape index (κ1) is 17.7. The van der Waals surface area contributed by atoms with Crippen molar-refractivity contribution in [2.24, 2.45) is 0 Å². The van der Waals surface area contributed by atoms with Crippen molar-refractivity contribution in [2.45, 2.75) is 32.7 Å². The quantitative estimate of drug-likeness (QED) is 0.464. The van der Waals surface area contributed by atoms with Crippen LogP contribution in [0, 0.1) is 0 Å². The number of ketones is 1. The minimum atomic E-state index is 0.0385. The van der Waals surface area contributed by atoms with Gasteiger partial charge in [0, 0.05) is 30.2 Å². The molecule has 0 saturated carbocycles. The maximum atomic E-state index is 12.7. The summed E-state index contributed by atoms with van der Waals surface area (Å²) in [5, 5.41) is 4.94. The van der Waals surface area contributed by atoms with Crippen molar-refractivity contribution in [3.05, 3.63) is 65.9 Å². The zero-order valence-corrected chi connectivity index (χ0v) is 16.7. The third-order valence-electron chi connectivity index (χ3n) is 5.73. The first-order valence-corrected chi connectivity index (χ1v) is 10.0. The Labute approximate surface area is 169 Å². The van der Waals surface area contributed by atoms with Crippen LogP contribution in [0.15, 0.2) is 54.6 Å².